The Bertz CT molecular complexity index is 3270. The standard InChI is InChI=1S/C58H46N2/c1-35-15-7-14-22-54(35)59-36(2)37-23-25-38(26-24-37)55-34-48(40-28-30-45-43-18-11-13-21-51(43)58(5,6)53(45)32-40)49-33-47(41-16-8-9-19-46(41)56(49)60-55)39-27-29-44-42-17-10-12-20-50(42)57(3,4)52(44)31-39/h7-34H,1-6H3. The first-order chi connectivity index (χ1) is 29.1. The van der Waals surface area contributed by atoms with Crippen molar-refractivity contribution in [3.8, 4) is 55.8 Å². The quantitative estimate of drug-likeness (QED) is 0.126. The van der Waals surface area contributed by atoms with E-state index in [0.29, 0.717) is 0 Å². The average molecular weight is 771 g/mol. The second-order valence-corrected chi connectivity index (χ2v) is 17.8. The minimum absolute atomic E-state index is 0.0918. The number of para-hydroxylation sites is 1. The van der Waals surface area contributed by atoms with Crippen molar-refractivity contribution >= 4 is 33.1 Å². The van der Waals surface area contributed by atoms with Crippen LogP contribution < -0.4 is 0 Å². The summed E-state index contributed by atoms with van der Waals surface area (Å²) in [7, 11) is 0. The summed E-state index contributed by atoms with van der Waals surface area (Å²) in [5.41, 5.74) is 22.8. The minimum Gasteiger partial charge on any atom is -0.253 e. The molecule has 2 aliphatic carbocycles. The van der Waals surface area contributed by atoms with Crippen LogP contribution in [-0.4, -0.2) is 10.7 Å². The number of hydrogen-bond acceptors (Lipinski definition) is 2. The molecule has 2 heteroatoms. The number of rotatable bonds is 5. The van der Waals surface area contributed by atoms with Crippen molar-refractivity contribution in [1.29, 1.82) is 0 Å². The molecule has 0 aliphatic heterocycles. The Morgan fingerprint density at radius 3 is 1.55 bits per heavy atom. The first-order valence-corrected chi connectivity index (χ1v) is 21.2. The Labute approximate surface area is 353 Å². The molecule has 9 aromatic rings. The third-order valence-electron chi connectivity index (χ3n) is 13.6. The highest BCUT2D eigenvalue weighted by molar-refractivity contribution is 6.16. The van der Waals surface area contributed by atoms with Crippen molar-refractivity contribution in [1.82, 2.24) is 4.98 Å². The van der Waals surface area contributed by atoms with Crippen molar-refractivity contribution in [2.24, 2.45) is 4.99 Å². The second kappa shape index (κ2) is 13.3. The zero-order valence-electron chi connectivity index (χ0n) is 35.1. The second-order valence-electron chi connectivity index (χ2n) is 17.8. The number of aliphatic imine (C=N–C) groups is 1. The van der Waals surface area contributed by atoms with E-state index in [4.69, 9.17) is 9.98 Å². The Balaban J connectivity index is 1.12. The molecule has 288 valence electrons. The van der Waals surface area contributed by atoms with Gasteiger partial charge in [0.25, 0.3) is 0 Å². The van der Waals surface area contributed by atoms with Gasteiger partial charge in [-0.15, -0.1) is 0 Å². The molecule has 2 aliphatic rings. The van der Waals surface area contributed by atoms with Gasteiger partial charge in [-0.3, -0.25) is 4.99 Å². The Morgan fingerprint density at radius 1 is 0.433 bits per heavy atom. The van der Waals surface area contributed by atoms with E-state index in [2.05, 4.69) is 205 Å². The van der Waals surface area contributed by atoms with E-state index < -0.39 is 0 Å². The fourth-order valence-corrected chi connectivity index (χ4v) is 10.2. The minimum atomic E-state index is -0.117. The summed E-state index contributed by atoms with van der Waals surface area (Å²) in [5, 5.41) is 3.52. The maximum absolute atomic E-state index is 5.56. The molecule has 0 atom stereocenters. The number of benzene rings is 8. The summed E-state index contributed by atoms with van der Waals surface area (Å²) >= 11 is 0. The van der Waals surface area contributed by atoms with Crippen molar-refractivity contribution in [2.75, 3.05) is 0 Å². The van der Waals surface area contributed by atoms with Crippen LogP contribution in [0, 0.1) is 6.92 Å². The van der Waals surface area contributed by atoms with E-state index >= 15 is 0 Å². The smallest absolute Gasteiger partial charge is 0.0794 e. The lowest BCUT2D eigenvalue weighted by molar-refractivity contribution is 0.660. The van der Waals surface area contributed by atoms with E-state index in [1.165, 1.54) is 77.7 Å². The lowest BCUT2D eigenvalue weighted by Crippen LogP contribution is -2.15. The molecule has 0 saturated heterocycles. The lowest BCUT2D eigenvalue weighted by Gasteiger charge is -2.23. The third kappa shape index (κ3) is 5.47. The molecule has 1 heterocycles. The average Bonchev–Trinajstić information content (AvgIpc) is 3.65. The molecule has 60 heavy (non-hydrogen) atoms. The van der Waals surface area contributed by atoms with Crippen LogP contribution in [0.15, 0.2) is 175 Å². The fraction of sp³-hybridized carbons (Fsp3) is 0.138. The van der Waals surface area contributed by atoms with Crippen LogP contribution in [0.1, 0.15) is 68.0 Å². The van der Waals surface area contributed by atoms with Gasteiger partial charge in [-0.25, -0.2) is 4.98 Å². The molecule has 2 nitrogen and oxygen atoms in total. The molecule has 8 aromatic carbocycles. The summed E-state index contributed by atoms with van der Waals surface area (Å²) in [6.45, 7) is 13.7. The first-order valence-electron chi connectivity index (χ1n) is 21.2. The monoisotopic (exact) mass is 770 g/mol. The van der Waals surface area contributed by atoms with Gasteiger partial charge < -0.3 is 0 Å². The molecule has 0 spiro atoms. The largest absolute Gasteiger partial charge is 0.253 e. The molecule has 0 amide bonds. The van der Waals surface area contributed by atoms with Gasteiger partial charge in [-0.05, 0) is 127 Å². The van der Waals surface area contributed by atoms with Crippen molar-refractivity contribution in [3.63, 3.8) is 0 Å². The molecule has 0 radical (unpaired) electrons. The highest BCUT2D eigenvalue weighted by Gasteiger charge is 2.37. The van der Waals surface area contributed by atoms with Crippen LogP contribution in [0.25, 0.3) is 77.4 Å². The highest BCUT2D eigenvalue weighted by Crippen LogP contribution is 2.52. The summed E-state index contributed by atoms with van der Waals surface area (Å²) in [4.78, 5) is 10.5. The maximum Gasteiger partial charge on any atom is 0.0794 e. The Hall–Kier alpha value is -6.90. The van der Waals surface area contributed by atoms with E-state index in [0.717, 1.165) is 44.5 Å². The van der Waals surface area contributed by atoms with Crippen LogP contribution in [0.4, 0.5) is 5.69 Å². The van der Waals surface area contributed by atoms with Crippen LogP contribution in [0.2, 0.25) is 0 Å². The van der Waals surface area contributed by atoms with Crippen LogP contribution >= 0.6 is 0 Å². The van der Waals surface area contributed by atoms with E-state index in [-0.39, 0.29) is 10.8 Å². The first kappa shape index (κ1) is 36.2. The molecule has 1 aromatic heterocycles. The van der Waals surface area contributed by atoms with Crippen LogP contribution in [0.5, 0.6) is 0 Å². The number of fused-ring (bicyclic) bond motifs is 9. The predicted molar refractivity (Wildman–Crippen MR) is 254 cm³/mol. The van der Waals surface area contributed by atoms with E-state index in [1.54, 1.807) is 0 Å². The fourth-order valence-electron chi connectivity index (χ4n) is 10.2. The van der Waals surface area contributed by atoms with E-state index in [1.807, 2.05) is 6.07 Å². The molecule has 0 unspecified atom stereocenters. The van der Waals surface area contributed by atoms with Crippen LogP contribution in [-0.2, 0) is 10.8 Å². The van der Waals surface area contributed by atoms with Crippen LogP contribution in [0.3, 0.4) is 0 Å². The SMILES string of the molecule is CC(=Nc1ccccc1C)c1ccc(-c2cc(-c3ccc4c(c3)C(C)(C)c3ccccc3-4)c3cc(-c4ccc5c(c4)C(C)(C)c4ccccc4-5)c4ccccc4c3n2)cc1. The van der Waals surface area contributed by atoms with Gasteiger partial charge in [-0.1, -0.05) is 167 Å². The Morgan fingerprint density at radius 2 is 0.933 bits per heavy atom. The van der Waals surface area contributed by atoms with Crippen molar-refractivity contribution in [3.05, 3.63) is 203 Å². The molecule has 0 fully saturated rings. The number of nitrogens with zero attached hydrogens (tertiary/aromatic N) is 2. The van der Waals surface area contributed by atoms with Gasteiger partial charge >= 0.3 is 0 Å². The van der Waals surface area contributed by atoms with Gasteiger partial charge in [0, 0.05) is 32.9 Å². The normalized spacial score (nSPS) is 14.5. The molecule has 0 saturated carbocycles. The summed E-state index contributed by atoms with van der Waals surface area (Å²) in [6, 6.07) is 62.7. The van der Waals surface area contributed by atoms with Gasteiger partial charge in [0.2, 0.25) is 0 Å². The van der Waals surface area contributed by atoms with Gasteiger partial charge in [0.05, 0.1) is 16.9 Å². The Kier molecular flexibility index (Phi) is 8.03. The van der Waals surface area contributed by atoms with E-state index in [9.17, 15) is 0 Å². The lowest BCUT2D eigenvalue weighted by atomic mass is 9.81. The molecular weight excluding hydrogens is 725 g/mol. The predicted octanol–water partition coefficient (Wildman–Crippen LogP) is 15.5. The molecular formula is C58H46N2. The number of aromatic nitrogens is 1. The summed E-state index contributed by atoms with van der Waals surface area (Å²) in [5.74, 6) is 0. The zero-order valence-corrected chi connectivity index (χ0v) is 35.1. The van der Waals surface area contributed by atoms with Gasteiger partial charge in [0.1, 0.15) is 0 Å². The molecule has 0 N–H and O–H groups in total. The highest BCUT2D eigenvalue weighted by atomic mass is 14.7. The zero-order chi connectivity index (χ0) is 40.9. The maximum atomic E-state index is 5.56. The third-order valence-corrected chi connectivity index (χ3v) is 13.6. The number of pyridine rings is 1. The van der Waals surface area contributed by atoms with Crippen molar-refractivity contribution < 1.29 is 0 Å². The van der Waals surface area contributed by atoms with Gasteiger partial charge in [-0.2, -0.15) is 0 Å². The van der Waals surface area contributed by atoms with Crippen molar-refractivity contribution in [2.45, 2.75) is 52.4 Å². The summed E-state index contributed by atoms with van der Waals surface area (Å²) in [6.07, 6.45) is 0. The summed E-state index contributed by atoms with van der Waals surface area (Å²) < 4.78 is 0. The number of aryl methyl sites for hydroxylation is 1. The van der Waals surface area contributed by atoms with Gasteiger partial charge in [0.15, 0.2) is 0 Å². The molecule has 11 rings (SSSR count). The number of hydrogen-bond donors (Lipinski definition) is 0. The topological polar surface area (TPSA) is 25.2 Å². The molecule has 0 bridgehead atoms.